The molecule has 0 spiro atoms. The molecule has 1 aliphatic rings. The standard InChI is InChI=1S/C61H42N2/c1-5-19-47(20-6-1)61(48-21-7-2-8-22-48)57-30-15-13-28-53(57)54-38-34-45(41-58(54)61)44-18-17-27-52(40-44)63-59-31-16-14-29-55(59)56-39-35-46(42-60(56)63)43-32-36-51(37-33-43)62(49-23-9-3-10-24-49)50-25-11-4-12-26-50/h1-42H. The van der Waals surface area contributed by atoms with Gasteiger partial charge < -0.3 is 9.47 Å². The van der Waals surface area contributed by atoms with Gasteiger partial charge in [0.05, 0.1) is 16.4 Å². The summed E-state index contributed by atoms with van der Waals surface area (Å²) < 4.78 is 2.44. The van der Waals surface area contributed by atoms with Crippen LogP contribution in [0.5, 0.6) is 0 Å². The maximum atomic E-state index is 2.46. The molecule has 0 saturated carbocycles. The molecule has 1 aromatic heterocycles. The molecule has 0 saturated heterocycles. The fraction of sp³-hybridized carbons (Fsp3) is 0.0164. The number of hydrogen-bond donors (Lipinski definition) is 0. The van der Waals surface area contributed by atoms with Crippen LogP contribution in [-0.2, 0) is 5.41 Å². The lowest BCUT2D eigenvalue weighted by molar-refractivity contribution is 0.769. The monoisotopic (exact) mass is 802 g/mol. The van der Waals surface area contributed by atoms with Crippen LogP contribution in [0.1, 0.15) is 22.3 Å². The zero-order chi connectivity index (χ0) is 41.7. The summed E-state index contributed by atoms with van der Waals surface area (Å²) in [6, 6.07) is 93.1. The van der Waals surface area contributed by atoms with Crippen LogP contribution in [0.3, 0.4) is 0 Å². The molecule has 0 unspecified atom stereocenters. The Hall–Kier alpha value is -8.20. The Kier molecular flexibility index (Phi) is 8.76. The average molecular weight is 803 g/mol. The number of aromatic nitrogens is 1. The van der Waals surface area contributed by atoms with Crippen molar-refractivity contribution in [3.63, 3.8) is 0 Å². The SMILES string of the molecule is c1ccc(N(c2ccccc2)c2ccc(-c3ccc4c5ccccc5n(-c5cccc(-c6ccc7c(c6)C(c6ccccc6)(c6ccccc6)c6ccccc6-7)c5)c4c3)cc2)cc1. The van der Waals surface area contributed by atoms with E-state index < -0.39 is 5.41 Å². The van der Waals surface area contributed by atoms with Crippen molar-refractivity contribution in [2.24, 2.45) is 0 Å². The van der Waals surface area contributed by atoms with Crippen LogP contribution in [0.4, 0.5) is 17.1 Å². The first-order chi connectivity index (χ1) is 31.3. The van der Waals surface area contributed by atoms with Gasteiger partial charge in [-0.1, -0.05) is 188 Å². The Morgan fingerprint density at radius 3 is 1.51 bits per heavy atom. The lowest BCUT2D eigenvalue weighted by Gasteiger charge is -2.34. The van der Waals surface area contributed by atoms with Crippen molar-refractivity contribution < 1.29 is 0 Å². The number of benzene rings is 10. The maximum absolute atomic E-state index is 2.46. The highest BCUT2D eigenvalue weighted by Crippen LogP contribution is 2.56. The molecule has 0 amide bonds. The lowest BCUT2D eigenvalue weighted by atomic mass is 9.67. The van der Waals surface area contributed by atoms with E-state index in [0.717, 1.165) is 22.7 Å². The van der Waals surface area contributed by atoms with Crippen molar-refractivity contribution in [3.8, 4) is 39.1 Å². The predicted octanol–water partition coefficient (Wildman–Crippen LogP) is 16.0. The average Bonchev–Trinajstić information content (AvgIpc) is 3.86. The lowest BCUT2D eigenvalue weighted by Crippen LogP contribution is -2.28. The first-order valence-electron chi connectivity index (χ1n) is 21.8. The number of rotatable bonds is 8. The minimum atomic E-state index is -0.453. The number of hydrogen-bond acceptors (Lipinski definition) is 1. The molecule has 0 aliphatic heterocycles. The first kappa shape index (κ1) is 36.6. The molecule has 11 aromatic rings. The number of anilines is 3. The van der Waals surface area contributed by atoms with E-state index in [9.17, 15) is 0 Å². The van der Waals surface area contributed by atoms with Crippen LogP contribution >= 0.6 is 0 Å². The number of fused-ring (bicyclic) bond motifs is 6. The van der Waals surface area contributed by atoms with Gasteiger partial charge in [-0.05, 0) is 122 Å². The molecule has 10 aromatic carbocycles. The maximum Gasteiger partial charge on any atom is 0.0713 e. The van der Waals surface area contributed by atoms with Gasteiger partial charge in [0.15, 0.2) is 0 Å². The Balaban J connectivity index is 0.976. The molecule has 296 valence electrons. The van der Waals surface area contributed by atoms with Crippen LogP contribution in [0.25, 0.3) is 60.9 Å². The third-order valence-electron chi connectivity index (χ3n) is 13.1. The highest BCUT2D eigenvalue weighted by molar-refractivity contribution is 6.10. The summed E-state index contributed by atoms with van der Waals surface area (Å²) in [6.45, 7) is 0. The number of nitrogens with zero attached hydrogens (tertiary/aromatic N) is 2. The van der Waals surface area contributed by atoms with Crippen LogP contribution in [0, 0.1) is 0 Å². The van der Waals surface area contributed by atoms with Crippen molar-refractivity contribution in [2.75, 3.05) is 4.90 Å². The topological polar surface area (TPSA) is 8.17 Å². The Labute approximate surface area is 368 Å². The first-order valence-corrected chi connectivity index (χ1v) is 21.8. The van der Waals surface area contributed by atoms with Gasteiger partial charge in [0.1, 0.15) is 0 Å². The van der Waals surface area contributed by atoms with E-state index >= 15 is 0 Å². The van der Waals surface area contributed by atoms with E-state index in [1.54, 1.807) is 0 Å². The zero-order valence-corrected chi connectivity index (χ0v) is 34.6. The van der Waals surface area contributed by atoms with Gasteiger partial charge in [-0.2, -0.15) is 0 Å². The normalized spacial score (nSPS) is 12.6. The van der Waals surface area contributed by atoms with Gasteiger partial charge in [-0.3, -0.25) is 0 Å². The largest absolute Gasteiger partial charge is 0.311 e. The smallest absolute Gasteiger partial charge is 0.0713 e. The second-order valence-electron chi connectivity index (χ2n) is 16.5. The van der Waals surface area contributed by atoms with Crippen molar-refractivity contribution in [1.29, 1.82) is 0 Å². The summed E-state index contributed by atoms with van der Waals surface area (Å²) in [5.41, 5.74) is 18.9. The van der Waals surface area contributed by atoms with E-state index in [-0.39, 0.29) is 0 Å². The molecule has 1 heterocycles. The highest BCUT2D eigenvalue weighted by atomic mass is 15.1. The summed E-state index contributed by atoms with van der Waals surface area (Å²) in [5, 5.41) is 2.48. The molecular weight excluding hydrogens is 761 g/mol. The number of para-hydroxylation sites is 3. The van der Waals surface area contributed by atoms with Gasteiger partial charge >= 0.3 is 0 Å². The van der Waals surface area contributed by atoms with Crippen LogP contribution in [0.2, 0.25) is 0 Å². The molecule has 12 rings (SSSR count). The molecule has 0 radical (unpaired) electrons. The van der Waals surface area contributed by atoms with Crippen molar-refractivity contribution in [2.45, 2.75) is 5.41 Å². The van der Waals surface area contributed by atoms with Gasteiger partial charge in [0.2, 0.25) is 0 Å². The summed E-state index contributed by atoms with van der Waals surface area (Å²) >= 11 is 0. The predicted molar refractivity (Wildman–Crippen MR) is 264 cm³/mol. The van der Waals surface area contributed by atoms with E-state index in [1.165, 1.54) is 77.4 Å². The van der Waals surface area contributed by atoms with Gasteiger partial charge in [-0.15, -0.1) is 0 Å². The summed E-state index contributed by atoms with van der Waals surface area (Å²) in [7, 11) is 0. The second kappa shape index (κ2) is 15.1. The minimum absolute atomic E-state index is 0.453. The zero-order valence-electron chi connectivity index (χ0n) is 34.6. The van der Waals surface area contributed by atoms with Gasteiger partial charge in [0.25, 0.3) is 0 Å². The summed E-state index contributed by atoms with van der Waals surface area (Å²) in [6.07, 6.45) is 0. The second-order valence-corrected chi connectivity index (χ2v) is 16.5. The third kappa shape index (κ3) is 5.95. The molecule has 0 fully saturated rings. The fourth-order valence-electron chi connectivity index (χ4n) is 10.3. The third-order valence-corrected chi connectivity index (χ3v) is 13.1. The molecular formula is C61H42N2. The van der Waals surface area contributed by atoms with Crippen molar-refractivity contribution in [1.82, 2.24) is 4.57 Å². The fourth-order valence-corrected chi connectivity index (χ4v) is 10.3. The summed E-state index contributed by atoms with van der Waals surface area (Å²) in [5.74, 6) is 0. The molecule has 1 aliphatic carbocycles. The molecule has 2 heteroatoms. The van der Waals surface area contributed by atoms with Crippen LogP contribution in [0.15, 0.2) is 255 Å². The van der Waals surface area contributed by atoms with E-state index in [0.29, 0.717) is 0 Å². The van der Waals surface area contributed by atoms with E-state index in [1.807, 2.05) is 0 Å². The van der Waals surface area contributed by atoms with E-state index in [2.05, 4.69) is 264 Å². The Bertz CT molecular complexity index is 3350. The van der Waals surface area contributed by atoms with E-state index in [4.69, 9.17) is 0 Å². The van der Waals surface area contributed by atoms with Crippen molar-refractivity contribution >= 4 is 38.9 Å². The van der Waals surface area contributed by atoms with Gasteiger partial charge in [0, 0.05) is 33.5 Å². The molecule has 0 N–H and O–H groups in total. The Morgan fingerprint density at radius 2 is 0.810 bits per heavy atom. The van der Waals surface area contributed by atoms with Crippen LogP contribution in [-0.4, -0.2) is 4.57 Å². The Morgan fingerprint density at radius 1 is 0.302 bits per heavy atom. The molecule has 63 heavy (non-hydrogen) atoms. The molecule has 2 nitrogen and oxygen atoms in total. The molecule has 0 bridgehead atoms. The molecule has 0 atom stereocenters. The minimum Gasteiger partial charge on any atom is -0.311 e. The van der Waals surface area contributed by atoms with Crippen LogP contribution < -0.4 is 4.90 Å². The summed E-state index contributed by atoms with van der Waals surface area (Å²) in [4.78, 5) is 2.31. The highest BCUT2D eigenvalue weighted by Gasteiger charge is 2.46. The van der Waals surface area contributed by atoms with Crippen molar-refractivity contribution in [3.05, 3.63) is 277 Å². The van der Waals surface area contributed by atoms with Gasteiger partial charge in [-0.25, -0.2) is 0 Å². The quantitative estimate of drug-likeness (QED) is 0.149.